The smallest absolute Gasteiger partial charge is 0.372 e. The summed E-state index contributed by atoms with van der Waals surface area (Å²) in [4.78, 5) is 0. The Hall–Kier alpha value is -0.0000000000000000555. The van der Waals surface area contributed by atoms with Gasteiger partial charge in [-0.1, -0.05) is 6.92 Å². The summed E-state index contributed by atoms with van der Waals surface area (Å²) in [6.07, 6.45) is -2.82. The van der Waals surface area contributed by atoms with Crippen molar-refractivity contribution in [2.24, 2.45) is 0 Å². The van der Waals surface area contributed by atoms with Crippen molar-refractivity contribution in [3.63, 3.8) is 0 Å². The lowest BCUT2D eigenvalue weighted by molar-refractivity contribution is -0.174. The Labute approximate surface area is 99.5 Å². The van der Waals surface area contributed by atoms with Crippen LogP contribution < -0.4 is 5.32 Å². The summed E-state index contributed by atoms with van der Waals surface area (Å²) >= 11 is 5.77. The Balaban J connectivity index is 3.47. The number of alkyl halides is 4. The molecule has 16 heavy (non-hydrogen) atoms. The van der Waals surface area contributed by atoms with Crippen LogP contribution in [0.25, 0.3) is 0 Å². The van der Waals surface area contributed by atoms with Crippen molar-refractivity contribution in [1.29, 1.82) is 0 Å². The van der Waals surface area contributed by atoms with Gasteiger partial charge in [0.1, 0.15) is 6.61 Å². The molecule has 0 aromatic carbocycles. The second kappa shape index (κ2) is 7.35. The predicted octanol–water partition coefficient (Wildman–Crippen LogP) is 2.95. The summed E-state index contributed by atoms with van der Waals surface area (Å²) in [6, 6.07) is 0. The highest BCUT2D eigenvalue weighted by Crippen LogP contribution is 2.14. The van der Waals surface area contributed by atoms with Crippen LogP contribution in [0.4, 0.5) is 13.2 Å². The van der Waals surface area contributed by atoms with Gasteiger partial charge in [0.2, 0.25) is 0 Å². The molecule has 0 aliphatic carbocycles. The van der Waals surface area contributed by atoms with E-state index in [1.807, 2.05) is 13.8 Å². The fourth-order valence-corrected chi connectivity index (χ4v) is 1.30. The van der Waals surface area contributed by atoms with Gasteiger partial charge >= 0.3 is 6.18 Å². The molecule has 0 amide bonds. The monoisotopic (exact) mass is 261 g/mol. The molecule has 1 N–H and O–H groups in total. The average molecular weight is 262 g/mol. The van der Waals surface area contributed by atoms with Gasteiger partial charge in [0.15, 0.2) is 0 Å². The van der Waals surface area contributed by atoms with Crippen molar-refractivity contribution in [1.82, 2.24) is 5.32 Å². The Bertz CT molecular complexity index is 183. The molecule has 0 bridgehead atoms. The summed E-state index contributed by atoms with van der Waals surface area (Å²) in [5.74, 6) is 0.479. The molecule has 0 aliphatic heterocycles. The number of ether oxygens (including phenoxy) is 1. The van der Waals surface area contributed by atoms with E-state index in [0.717, 1.165) is 6.42 Å². The summed E-state index contributed by atoms with van der Waals surface area (Å²) in [6.45, 7) is 3.53. The molecule has 0 heterocycles. The molecule has 0 spiro atoms. The number of halogens is 4. The van der Waals surface area contributed by atoms with Crippen LogP contribution in [-0.2, 0) is 4.74 Å². The molecule has 0 radical (unpaired) electrons. The molecule has 98 valence electrons. The van der Waals surface area contributed by atoms with Crippen LogP contribution in [0, 0.1) is 0 Å². The highest BCUT2D eigenvalue weighted by atomic mass is 35.5. The van der Waals surface area contributed by atoms with Crippen molar-refractivity contribution in [3.05, 3.63) is 0 Å². The SMILES string of the molecule is CCC(C)(CCl)NCCCOCC(F)(F)F. The van der Waals surface area contributed by atoms with E-state index in [0.29, 0.717) is 18.8 Å². The Morgan fingerprint density at radius 2 is 1.94 bits per heavy atom. The third kappa shape index (κ3) is 8.19. The predicted molar refractivity (Wildman–Crippen MR) is 58.9 cm³/mol. The van der Waals surface area contributed by atoms with E-state index >= 15 is 0 Å². The Morgan fingerprint density at radius 3 is 2.38 bits per heavy atom. The van der Waals surface area contributed by atoms with Crippen LogP contribution in [0.1, 0.15) is 26.7 Å². The molecule has 0 rings (SSSR count). The highest BCUT2D eigenvalue weighted by molar-refractivity contribution is 6.18. The summed E-state index contributed by atoms with van der Waals surface area (Å²) < 4.78 is 39.6. The number of nitrogens with one attached hydrogen (secondary N) is 1. The zero-order chi connectivity index (χ0) is 12.7. The maximum atomic E-state index is 11.7. The third-order valence-corrected chi connectivity index (χ3v) is 2.95. The van der Waals surface area contributed by atoms with Gasteiger partial charge in [0, 0.05) is 18.0 Å². The molecule has 1 unspecified atom stereocenters. The molecule has 6 heteroatoms. The molecule has 0 saturated carbocycles. The van der Waals surface area contributed by atoms with E-state index < -0.39 is 12.8 Å². The first-order chi connectivity index (χ1) is 7.33. The molecule has 0 fully saturated rings. The first-order valence-corrected chi connectivity index (χ1v) is 5.82. The average Bonchev–Trinajstić information content (AvgIpc) is 2.21. The van der Waals surface area contributed by atoms with Crippen molar-refractivity contribution in [3.8, 4) is 0 Å². The molecule has 0 aromatic heterocycles. The maximum Gasteiger partial charge on any atom is 0.411 e. The van der Waals surface area contributed by atoms with Crippen molar-refractivity contribution >= 4 is 11.6 Å². The molecular formula is C10H19ClF3NO. The van der Waals surface area contributed by atoms with Crippen LogP contribution in [-0.4, -0.2) is 37.4 Å². The van der Waals surface area contributed by atoms with Crippen LogP contribution >= 0.6 is 11.6 Å². The number of rotatable bonds is 8. The second-order valence-corrected chi connectivity index (χ2v) is 4.26. The van der Waals surface area contributed by atoms with Gasteiger partial charge in [-0.15, -0.1) is 11.6 Å². The minimum absolute atomic E-state index is 0.106. The Morgan fingerprint density at radius 1 is 1.31 bits per heavy atom. The molecule has 0 aliphatic rings. The quantitative estimate of drug-likeness (QED) is 0.536. The Kier molecular flexibility index (Phi) is 7.35. The molecule has 0 saturated heterocycles. The topological polar surface area (TPSA) is 21.3 Å². The maximum absolute atomic E-state index is 11.7. The van der Waals surface area contributed by atoms with Crippen molar-refractivity contribution in [2.75, 3.05) is 25.6 Å². The van der Waals surface area contributed by atoms with Gasteiger partial charge in [-0.25, -0.2) is 0 Å². The first-order valence-electron chi connectivity index (χ1n) is 5.28. The highest BCUT2D eigenvalue weighted by Gasteiger charge is 2.27. The summed E-state index contributed by atoms with van der Waals surface area (Å²) in [5.41, 5.74) is -0.147. The number of hydrogen-bond acceptors (Lipinski definition) is 2. The largest absolute Gasteiger partial charge is 0.411 e. The van der Waals surface area contributed by atoms with Crippen molar-refractivity contribution < 1.29 is 17.9 Å². The minimum Gasteiger partial charge on any atom is -0.372 e. The standard InChI is InChI=1S/C10H19ClF3NO/c1-3-9(2,7-11)15-5-4-6-16-8-10(12,13)14/h15H,3-8H2,1-2H3. The van der Waals surface area contributed by atoms with Crippen LogP contribution in [0.3, 0.4) is 0 Å². The fourth-order valence-electron chi connectivity index (χ4n) is 1.02. The minimum atomic E-state index is -4.23. The zero-order valence-electron chi connectivity index (χ0n) is 9.66. The summed E-state index contributed by atoms with van der Waals surface area (Å²) in [7, 11) is 0. The van der Waals surface area contributed by atoms with Gasteiger partial charge in [0.25, 0.3) is 0 Å². The van der Waals surface area contributed by atoms with Gasteiger partial charge in [0.05, 0.1) is 0 Å². The van der Waals surface area contributed by atoms with Gasteiger partial charge in [-0.3, -0.25) is 0 Å². The van der Waals surface area contributed by atoms with Crippen LogP contribution in [0.15, 0.2) is 0 Å². The second-order valence-electron chi connectivity index (χ2n) is 4.00. The normalized spacial score (nSPS) is 16.1. The lowest BCUT2D eigenvalue weighted by Gasteiger charge is -2.27. The van der Waals surface area contributed by atoms with Gasteiger partial charge in [-0.2, -0.15) is 13.2 Å². The van der Waals surface area contributed by atoms with E-state index in [1.54, 1.807) is 0 Å². The van der Waals surface area contributed by atoms with Crippen LogP contribution in [0.5, 0.6) is 0 Å². The van der Waals surface area contributed by atoms with Crippen molar-refractivity contribution in [2.45, 2.75) is 38.4 Å². The van der Waals surface area contributed by atoms with Gasteiger partial charge in [-0.05, 0) is 26.3 Å². The molecule has 2 nitrogen and oxygen atoms in total. The van der Waals surface area contributed by atoms with E-state index in [9.17, 15) is 13.2 Å². The fraction of sp³-hybridized carbons (Fsp3) is 1.00. The lowest BCUT2D eigenvalue weighted by atomic mass is 10.0. The molecule has 1 atom stereocenters. The van der Waals surface area contributed by atoms with E-state index in [-0.39, 0.29) is 12.1 Å². The van der Waals surface area contributed by atoms with E-state index in [4.69, 9.17) is 11.6 Å². The summed E-state index contributed by atoms with van der Waals surface area (Å²) in [5, 5.41) is 3.20. The number of hydrogen-bond donors (Lipinski definition) is 1. The lowest BCUT2D eigenvalue weighted by Crippen LogP contribution is -2.44. The van der Waals surface area contributed by atoms with Crippen LogP contribution in [0.2, 0.25) is 0 Å². The van der Waals surface area contributed by atoms with E-state index in [1.165, 1.54) is 0 Å². The third-order valence-electron chi connectivity index (χ3n) is 2.36. The van der Waals surface area contributed by atoms with E-state index in [2.05, 4.69) is 10.1 Å². The first kappa shape index (κ1) is 16.0. The van der Waals surface area contributed by atoms with Gasteiger partial charge < -0.3 is 10.1 Å². The molecular weight excluding hydrogens is 243 g/mol. The molecule has 0 aromatic rings. The zero-order valence-corrected chi connectivity index (χ0v) is 10.4.